The summed E-state index contributed by atoms with van der Waals surface area (Å²) < 4.78 is 2.05. The zero-order valence-electron chi connectivity index (χ0n) is 8.10. The summed E-state index contributed by atoms with van der Waals surface area (Å²) in [6.07, 6.45) is 7.71. The molecule has 0 unspecified atom stereocenters. The molecule has 14 heavy (non-hydrogen) atoms. The fraction of sp³-hybridized carbons (Fsp3) is 0.636. The minimum Gasteiger partial charge on any atom is -0.303 e. The molecule has 74 valence electrons. The lowest BCUT2D eigenvalue weighted by molar-refractivity contribution is -0.114. The van der Waals surface area contributed by atoms with Gasteiger partial charge >= 0.3 is 0 Å². The van der Waals surface area contributed by atoms with Crippen LogP contribution >= 0.6 is 0 Å². The fourth-order valence-corrected chi connectivity index (χ4v) is 2.11. The van der Waals surface area contributed by atoms with E-state index in [0.29, 0.717) is 6.04 Å². The van der Waals surface area contributed by atoms with E-state index in [1.54, 1.807) is 0 Å². The Morgan fingerprint density at radius 3 is 2.86 bits per heavy atom. The maximum atomic E-state index is 10.5. The van der Waals surface area contributed by atoms with Crippen molar-refractivity contribution >= 4 is 6.29 Å². The van der Waals surface area contributed by atoms with E-state index in [1.807, 2.05) is 4.68 Å². The topological polar surface area (TPSA) is 34.9 Å². The van der Waals surface area contributed by atoms with Gasteiger partial charge in [0, 0.05) is 18.0 Å². The van der Waals surface area contributed by atoms with E-state index in [4.69, 9.17) is 0 Å². The van der Waals surface area contributed by atoms with Crippen molar-refractivity contribution in [3.8, 4) is 0 Å². The van der Waals surface area contributed by atoms with Crippen LogP contribution in [-0.4, -0.2) is 16.1 Å². The maximum absolute atomic E-state index is 10.5. The summed E-state index contributed by atoms with van der Waals surface area (Å²) in [5.41, 5.74) is 1.25. The van der Waals surface area contributed by atoms with Crippen LogP contribution in [0.15, 0.2) is 12.3 Å². The van der Waals surface area contributed by atoms with Crippen LogP contribution in [0, 0.1) is 5.92 Å². The number of aldehydes is 1. The number of hydrogen-bond acceptors (Lipinski definition) is 2. The van der Waals surface area contributed by atoms with Gasteiger partial charge in [0.05, 0.1) is 11.7 Å². The van der Waals surface area contributed by atoms with Gasteiger partial charge in [-0.3, -0.25) is 4.68 Å². The van der Waals surface area contributed by atoms with Crippen LogP contribution in [0.5, 0.6) is 0 Å². The zero-order valence-corrected chi connectivity index (χ0v) is 8.10. The maximum Gasteiger partial charge on any atom is 0.123 e. The first-order valence-corrected chi connectivity index (χ1v) is 5.37. The predicted molar refractivity (Wildman–Crippen MR) is 52.0 cm³/mol. The van der Waals surface area contributed by atoms with E-state index in [2.05, 4.69) is 17.4 Å². The molecule has 3 heteroatoms. The first-order valence-electron chi connectivity index (χ1n) is 5.37. The first kappa shape index (κ1) is 8.21. The molecule has 2 aliphatic carbocycles. The van der Waals surface area contributed by atoms with Crippen molar-refractivity contribution in [2.45, 2.75) is 37.6 Å². The molecule has 0 bridgehead atoms. The number of carbonyl (C=O) groups is 1. The number of carbonyl (C=O) groups excluding carboxylic acids is 1. The monoisotopic (exact) mass is 190 g/mol. The Kier molecular flexibility index (Phi) is 1.72. The molecule has 2 aliphatic rings. The predicted octanol–water partition coefficient (Wildman–Crippen LogP) is 1.91. The quantitative estimate of drug-likeness (QED) is 0.682. The van der Waals surface area contributed by atoms with Gasteiger partial charge in [-0.05, 0) is 31.7 Å². The molecule has 0 radical (unpaired) electrons. The summed E-state index contributed by atoms with van der Waals surface area (Å²) in [4.78, 5) is 10.5. The Labute approximate surface area is 83.1 Å². The number of rotatable bonds is 3. The smallest absolute Gasteiger partial charge is 0.123 e. The highest BCUT2D eigenvalue weighted by Crippen LogP contribution is 2.41. The van der Waals surface area contributed by atoms with Gasteiger partial charge in [-0.15, -0.1) is 0 Å². The molecule has 1 heterocycles. The molecule has 0 saturated heterocycles. The van der Waals surface area contributed by atoms with Gasteiger partial charge in [0.2, 0.25) is 0 Å². The van der Waals surface area contributed by atoms with Crippen LogP contribution in [0.1, 0.15) is 43.3 Å². The molecule has 0 aliphatic heterocycles. The molecular weight excluding hydrogens is 176 g/mol. The molecule has 0 spiro atoms. The molecule has 0 atom stereocenters. The van der Waals surface area contributed by atoms with Crippen molar-refractivity contribution in [2.24, 2.45) is 5.92 Å². The van der Waals surface area contributed by atoms with E-state index in [0.717, 1.165) is 25.0 Å². The first-order chi connectivity index (χ1) is 6.86. The van der Waals surface area contributed by atoms with Crippen molar-refractivity contribution < 1.29 is 4.79 Å². The number of aromatic nitrogens is 2. The summed E-state index contributed by atoms with van der Waals surface area (Å²) >= 11 is 0. The Morgan fingerprint density at radius 1 is 1.43 bits per heavy atom. The minimum atomic E-state index is 0.286. The molecular formula is C11H14N2O. The second-order valence-corrected chi connectivity index (χ2v) is 4.52. The third-order valence-electron chi connectivity index (χ3n) is 3.34. The van der Waals surface area contributed by atoms with Gasteiger partial charge in [0.15, 0.2) is 0 Å². The van der Waals surface area contributed by atoms with Gasteiger partial charge in [0.25, 0.3) is 0 Å². The third-order valence-corrected chi connectivity index (χ3v) is 3.34. The van der Waals surface area contributed by atoms with Gasteiger partial charge in [-0.2, -0.15) is 5.10 Å². The van der Waals surface area contributed by atoms with E-state index in [-0.39, 0.29) is 5.92 Å². The second-order valence-electron chi connectivity index (χ2n) is 4.52. The van der Waals surface area contributed by atoms with E-state index >= 15 is 0 Å². The van der Waals surface area contributed by atoms with Crippen LogP contribution in [0.25, 0.3) is 0 Å². The van der Waals surface area contributed by atoms with Crippen LogP contribution in [-0.2, 0) is 4.79 Å². The van der Waals surface area contributed by atoms with Crippen molar-refractivity contribution in [1.82, 2.24) is 9.78 Å². The number of nitrogens with zero attached hydrogens (tertiary/aromatic N) is 2. The van der Waals surface area contributed by atoms with Gasteiger partial charge in [0.1, 0.15) is 6.29 Å². The highest BCUT2D eigenvalue weighted by molar-refractivity contribution is 5.55. The van der Waals surface area contributed by atoms with Crippen molar-refractivity contribution in [3.05, 3.63) is 18.0 Å². The van der Waals surface area contributed by atoms with Gasteiger partial charge in [-0.1, -0.05) is 0 Å². The zero-order chi connectivity index (χ0) is 9.54. The van der Waals surface area contributed by atoms with E-state index < -0.39 is 0 Å². The summed E-state index contributed by atoms with van der Waals surface area (Å²) in [6.45, 7) is 0. The van der Waals surface area contributed by atoms with Crippen LogP contribution in [0.2, 0.25) is 0 Å². The van der Waals surface area contributed by atoms with Crippen LogP contribution < -0.4 is 0 Å². The number of hydrogen-bond donors (Lipinski definition) is 0. The van der Waals surface area contributed by atoms with Gasteiger partial charge < -0.3 is 4.79 Å². The lowest BCUT2D eigenvalue weighted by Gasteiger charge is -2.31. The molecule has 3 nitrogen and oxygen atoms in total. The largest absolute Gasteiger partial charge is 0.303 e. The van der Waals surface area contributed by atoms with E-state index in [1.165, 1.54) is 18.5 Å². The lowest BCUT2D eigenvalue weighted by atomic mass is 9.81. The van der Waals surface area contributed by atoms with Crippen LogP contribution in [0.4, 0.5) is 0 Å². The van der Waals surface area contributed by atoms with Crippen molar-refractivity contribution in [2.75, 3.05) is 0 Å². The Morgan fingerprint density at radius 2 is 2.21 bits per heavy atom. The highest BCUT2D eigenvalue weighted by Gasteiger charge is 2.32. The SMILES string of the molecule is O=CC1CC(n2ccc(C3CC3)n2)C1. The summed E-state index contributed by atoms with van der Waals surface area (Å²) in [6, 6.07) is 2.61. The highest BCUT2D eigenvalue weighted by atomic mass is 16.1. The molecule has 0 N–H and O–H groups in total. The molecule has 3 rings (SSSR count). The molecule has 0 aromatic carbocycles. The lowest BCUT2D eigenvalue weighted by Crippen LogP contribution is -2.28. The molecule has 2 fully saturated rings. The van der Waals surface area contributed by atoms with Crippen molar-refractivity contribution in [1.29, 1.82) is 0 Å². The fourth-order valence-electron chi connectivity index (χ4n) is 2.11. The Bertz CT molecular complexity index is 348. The Hall–Kier alpha value is -1.12. The average Bonchev–Trinajstić information content (AvgIpc) is 2.86. The van der Waals surface area contributed by atoms with E-state index in [9.17, 15) is 4.79 Å². The van der Waals surface area contributed by atoms with Crippen LogP contribution in [0.3, 0.4) is 0 Å². The molecule has 1 aromatic rings. The van der Waals surface area contributed by atoms with Crippen molar-refractivity contribution in [3.63, 3.8) is 0 Å². The second kappa shape index (κ2) is 2.94. The normalized spacial score (nSPS) is 31.1. The van der Waals surface area contributed by atoms with Gasteiger partial charge in [-0.25, -0.2) is 0 Å². The summed E-state index contributed by atoms with van der Waals surface area (Å²) in [5.74, 6) is 1.02. The summed E-state index contributed by atoms with van der Waals surface area (Å²) in [5, 5.41) is 4.56. The molecule has 0 amide bonds. The minimum absolute atomic E-state index is 0.286. The standard InChI is InChI=1S/C11H14N2O/c14-7-8-5-10(6-8)13-4-3-11(12-13)9-1-2-9/h3-4,7-10H,1-2,5-6H2. The molecule has 1 aromatic heterocycles. The Balaban J connectivity index is 1.68. The summed E-state index contributed by atoms with van der Waals surface area (Å²) in [7, 11) is 0. The average molecular weight is 190 g/mol. The third kappa shape index (κ3) is 1.27. The molecule has 2 saturated carbocycles.